The van der Waals surface area contributed by atoms with E-state index in [-0.39, 0.29) is 5.56 Å². The Kier molecular flexibility index (Phi) is 3.19. The van der Waals surface area contributed by atoms with Crippen molar-refractivity contribution < 1.29 is 0 Å². The van der Waals surface area contributed by atoms with E-state index in [0.717, 1.165) is 29.7 Å². The first-order chi connectivity index (χ1) is 7.74. The third-order valence-electron chi connectivity index (χ3n) is 2.56. The highest BCUT2D eigenvalue weighted by molar-refractivity contribution is 7.10. The molecule has 16 heavy (non-hydrogen) atoms. The van der Waals surface area contributed by atoms with Crippen LogP contribution in [0.25, 0.3) is 11.3 Å². The Bertz CT molecular complexity index is 542. The molecule has 0 saturated carbocycles. The Morgan fingerprint density at radius 1 is 1.50 bits per heavy atom. The number of hydrogen-bond acceptors (Lipinski definition) is 3. The molecule has 0 bridgehead atoms. The number of nitrogens with zero attached hydrogens (tertiary/aromatic N) is 1. The molecular formula is C12H14N2OS. The second-order valence-electron chi connectivity index (χ2n) is 3.70. The van der Waals surface area contributed by atoms with Gasteiger partial charge < -0.3 is 4.98 Å². The van der Waals surface area contributed by atoms with Gasteiger partial charge in [-0.15, -0.1) is 11.3 Å². The van der Waals surface area contributed by atoms with Crippen LogP contribution < -0.4 is 5.56 Å². The number of thiophene rings is 1. The number of nitrogens with one attached hydrogen (secondary N) is 1. The van der Waals surface area contributed by atoms with Crippen molar-refractivity contribution >= 4 is 11.3 Å². The summed E-state index contributed by atoms with van der Waals surface area (Å²) in [6.45, 7) is 4.12. The molecule has 0 amide bonds. The minimum Gasteiger partial charge on any atom is -0.313 e. The maximum absolute atomic E-state index is 11.7. The van der Waals surface area contributed by atoms with Crippen LogP contribution in [0.3, 0.4) is 0 Å². The highest BCUT2D eigenvalue weighted by Crippen LogP contribution is 2.27. The van der Waals surface area contributed by atoms with Crippen molar-refractivity contribution in [1.29, 1.82) is 0 Å². The van der Waals surface area contributed by atoms with Crippen molar-refractivity contribution in [3.63, 3.8) is 0 Å². The molecule has 3 nitrogen and oxygen atoms in total. The van der Waals surface area contributed by atoms with Crippen LogP contribution in [0.5, 0.6) is 0 Å². The van der Waals surface area contributed by atoms with E-state index in [1.54, 1.807) is 11.3 Å². The molecule has 0 saturated heterocycles. The van der Waals surface area contributed by atoms with Crippen molar-refractivity contribution in [2.45, 2.75) is 26.7 Å². The Hall–Kier alpha value is -1.42. The number of H-pyrrole nitrogens is 1. The maximum atomic E-state index is 11.7. The Labute approximate surface area is 98.2 Å². The average molecular weight is 234 g/mol. The number of aromatic amines is 1. The zero-order chi connectivity index (χ0) is 11.5. The first-order valence-electron chi connectivity index (χ1n) is 5.35. The predicted octanol–water partition coefficient (Wildman–Crippen LogP) is 2.76. The summed E-state index contributed by atoms with van der Waals surface area (Å²) in [4.78, 5) is 19.9. The summed E-state index contributed by atoms with van der Waals surface area (Å²) in [5.74, 6) is 0. The fraction of sp³-hybridized carbons (Fsp3) is 0.333. The van der Waals surface area contributed by atoms with Crippen LogP contribution in [-0.4, -0.2) is 9.97 Å². The van der Waals surface area contributed by atoms with Gasteiger partial charge in [-0.2, -0.15) is 0 Å². The number of hydrogen-bond donors (Lipinski definition) is 1. The molecule has 0 aliphatic carbocycles. The van der Waals surface area contributed by atoms with Gasteiger partial charge in [0.15, 0.2) is 0 Å². The van der Waals surface area contributed by atoms with Gasteiger partial charge in [0.1, 0.15) is 0 Å². The summed E-state index contributed by atoms with van der Waals surface area (Å²) in [5, 5.41) is 2.03. The minimum atomic E-state index is -0.0162. The lowest BCUT2D eigenvalue weighted by atomic mass is 10.0. The molecule has 4 heteroatoms. The van der Waals surface area contributed by atoms with E-state index in [0.29, 0.717) is 0 Å². The van der Waals surface area contributed by atoms with Crippen LogP contribution in [0.15, 0.2) is 22.6 Å². The van der Waals surface area contributed by atoms with Crippen molar-refractivity contribution in [3.05, 3.63) is 38.6 Å². The molecular weight excluding hydrogens is 220 g/mol. The second-order valence-corrected chi connectivity index (χ2v) is 4.82. The smallest absolute Gasteiger partial charge is 0.254 e. The monoisotopic (exact) mass is 234 g/mol. The summed E-state index contributed by atoms with van der Waals surface area (Å²) in [6.07, 6.45) is 3.20. The van der Waals surface area contributed by atoms with Crippen LogP contribution in [0.4, 0.5) is 0 Å². The summed E-state index contributed by atoms with van der Waals surface area (Å²) in [7, 11) is 0. The van der Waals surface area contributed by atoms with Crippen molar-refractivity contribution in [2.24, 2.45) is 0 Å². The Morgan fingerprint density at radius 2 is 2.31 bits per heavy atom. The zero-order valence-corrected chi connectivity index (χ0v) is 10.2. The van der Waals surface area contributed by atoms with Crippen molar-refractivity contribution in [1.82, 2.24) is 9.97 Å². The highest BCUT2D eigenvalue weighted by atomic mass is 32.1. The summed E-state index contributed by atoms with van der Waals surface area (Å²) >= 11 is 1.68. The van der Waals surface area contributed by atoms with Crippen LogP contribution in [-0.2, 0) is 6.42 Å². The van der Waals surface area contributed by atoms with Crippen molar-refractivity contribution in [3.8, 4) is 11.3 Å². The molecule has 2 aromatic heterocycles. The molecule has 2 aromatic rings. The normalized spacial score (nSPS) is 10.6. The Balaban J connectivity index is 2.61. The van der Waals surface area contributed by atoms with E-state index < -0.39 is 0 Å². The third kappa shape index (κ3) is 1.93. The SMILES string of the molecule is CCCc1c(-c2ccsc2C)nc[nH]c1=O. The lowest BCUT2D eigenvalue weighted by Crippen LogP contribution is -2.14. The Morgan fingerprint density at radius 3 is 2.94 bits per heavy atom. The molecule has 0 radical (unpaired) electrons. The van der Waals surface area contributed by atoms with E-state index in [2.05, 4.69) is 23.8 Å². The fourth-order valence-corrected chi connectivity index (χ4v) is 2.47. The first-order valence-corrected chi connectivity index (χ1v) is 6.23. The lowest BCUT2D eigenvalue weighted by Gasteiger charge is -2.05. The first kappa shape index (κ1) is 11.1. The highest BCUT2D eigenvalue weighted by Gasteiger charge is 2.12. The molecule has 0 aliphatic rings. The van der Waals surface area contributed by atoms with E-state index in [4.69, 9.17) is 0 Å². The van der Waals surface area contributed by atoms with E-state index >= 15 is 0 Å². The summed E-state index contributed by atoms with van der Waals surface area (Å²) in [6, 6.07) is 2.03. The van der Waals surface area contributed by atoms with E-state index in [1.807, 2.05) is 11.4 Å². The largest absolute Gasteiger partial charge is 0.313 e. The van der Waals surface area contributed by atoms with Gasteiger partial charge in [0.05, 0.1) is 12.0 Å². The molecule has 0 unspecified atom stereocenters. The predicted molar refractivity (Wildman–Crippen MR) is 66.9 cm³/mol. The van der Waals surface area contributed by atoms with Crippen LogP contribution in [0, 0.1) is 6.92 Å². The molecule has 0 aliphatic heterocycles. The summed E-state index contributed by atoms with van der Waals surface area (Å²) in [5.41, 5.74) is 2.70. The molecule has 84 valence electrons. The minimum absolute atomic E-state index is 0.0162. The van der Waals surface area contributed by atoms with Gasteiger partial charge in [-0.25, -0.2) is 4.98 Å². The lowest BCUT2D eigenvalue weighted by molar-refractivity contribution is 0.888. The molecule has 2 heterocycles. The van der Waals surface area contributed by atoms with Crippen molar-refractivity contribution in [2.75, 3.05) is 0 Å². The van der Waals surface area contributed by atoms with Gasteiger partial charge in [0.25, 0.3) is 5.56 Å². The van der Waals surface area contributed by atoms with Gasteiger partial charge in [0.2, 0.25) is 0 Å². The zero-order valence-electron chi connectivity index (χ0n) is 9.41. The van der Waals surface area contributed by atoms with Gasteiger partial charge in [0, 0.05) is 16.0 Å². The third-order valence-corrected chi connectivity index (χ3v) is 3.41. The quantitative estimate of drug-likeness (QED) is 0.887. The number of aromatic nitrogens is 2. The van der Waals surface area contributed by atoms with Crippen LogP contribution >= 0.6 is 11.3 Å². The molecule has 0 aromatic carbocycles. The van der Waals surface area contributed by atoms with Gasteiger partial charge >= 0.3 is 0 Å². The molecule has 0 fully saturated rings. The molecule has 0 atom stereocenters. The topological polar surface area (TPSA) is 45.8 Å². The van der Waals surface area contributed by atoms with E-state index in [1.165, 1.54) is 11.2 Å². The van der Waals surface area contributed by atoms with Gasteiger partial charge in [-0.1, -0.05) is 13.3 Å². The molecule has 2 rings (SSSR count). The maximum Gasteiger partial charge on any atom is 0.254 e. The van der Waals surface area contributed by atoms with Gasteiger partial charge in [-0.3, -0.25) is 4.79 Å². The average Bonchev–Trinajstić information content (AvgIpc) is 2.68. The molecule has 0 spiro atoms. The van der Waals surface area contributed by atoms with Crippen LogP contribution in [0.2, 0.25) is 0 Å². The van der Waals surface area contributed by atoms with Crippen LogP contribution in [0.1, 0.15) is 23.8 Å². The molecule has 1 N–H and O–H groups in total. The second kappa shape index (κ2) is 4.61. The van der Waals surface area contributed by atoms with Gasteiger partial charge in [-0.05, 0) is 24.8 Å². The fourth-order valence-electron chi connectivity index (χ4n) is 1.77. The number of aryl methyl sites for hydroxylation is 1. The number of rotatable bonds is 3. The summed E-state index contributed by atoms with van der Waals surface area (Å²) < 4.78 is 0. The standard InChI is InChI=1S/C12H14N2OS/c1-3-4-10-11(13-7-14-12(10)15)9-5-6-16-8(9)2/h5-7H,3-4H2,1-2H3,(H,13,14,15). The van der Waals surface area contributed by atoms with E-state index in [9.17, 15) is 4.79 Å².